The highest BCUT2D eigenvalue weighted by Gasteiger charge is 2.59. The first-order valence-corrected chi connectivity index (χ1v) is 6.95. The standard InChI is InChI=1S/C15H13N3O3/c19-13(10-3-1-2-6-16-10)17-18-14(20)11-8-4-5-9(7-8)12(11)15(18)21/h1-6,8-9,11-12H,7H2,(H,17,19). The Kier molecular flexibility index (Phi) is 2.48. The molecule has 1 N–H and O–H groups in total. The SMILES string of the molecule is O=C(NN1C(=O)C2C3C=CC(C3)C2C1=O)c1ccccn1. The molecule has 4 rings (SSSR count). The van der Waals surface area contributed by atoms with Crippen molar-refractivity contribution in [2.45, 2.75) is 6.42 Å². The number of nitrogens with one attached hydrogen (secondary N) is 1. The van der Waals surface area contributed by atoms with Gasteiger partial charge in [-0.25, -0.2) is 0 Å². The smallest absolute Gasteiger partial charge is 0.272 e. The van der Waals surface area contributed by atoms with Crippen LogP contribution in [0.25, 0.3) is 0 Å². The monoisotopic (exact) mass is 283 g/mol. The van der Waals surface area contributed by atoms with Crippen LogP contribution in [0.2, 0.25) is 0 Å². The zero-order valence-electron chi connectivity index (χ0n) is 11.1. The van der Waals surface area contributed by atoms with Crippen molar-refractivity contribution in [3.63, 3.8) is 0 Å². The van der Waals surface area contributed by atoms with E-state index in [1.165, 1.54) is 12.3 Å². The second-order valence-electron chi connectivity index (χ2n) is 5.67. The first kappa shape index (κ1) is 12.3. The summed E-state index contributed by atoms with van der Waals surface area (Å²) in [5.41, 5.74) is 2.57. The van der Waals surface area contributed by atoms with Crippen molar-refractivity contribution in [1.29, 1.82) is 0 Å². The molecule has 1 aromatic rings. The lowest BCUT2D eigenvalue weighted by Crippen LogP contribution is -2.47. The molecule has 2 aliphatic carbocycles. The molecule has 2 fully saturated rings. The third kappa shape index (κ3) is 1.65. The molecule has 0 aromatic carbocycles. The van der Waals surface area contributed by atoms with E-state index in [4.69, 9.17) is 0 Å². The van der Waals surface area contributed by atoms with Crippen LogP contribution in [0, 0.1) is 23.7 Å². The normalized spacial score (nSPS) is 32.7. The van der Waals surface area contributed by atoms with Crippen LogP contribution in [-0.2, 0) is 9.59 Å². The average Bonchev–Trinajstić information content (AvgIpc) is 3.18. The van der Waals surface area contributed by atoms with E-state index in [2.05, 4.69) is 10.4 Å². The second kappa shape index (κ2) is 4.25. The molecule has 1 aromatic heterocycles. The fraction of sp³-hybridized carbons (Fsp3) is 0.333. The van der Waals surface area contributed by atoms with Crippen LogP contribution in [0.3, 0.4) is 0 Å². The summed E-state index contributed by atoms with van der Waals surface area (Å²) in [6.45, 7) is 0. The number of pyridine rings is 1. The number of aromatic nitrogens is 1. The third-order valence-corrected chi connectivity index (χ3v) is 4.58. The Morgan fingerprint density at radius 3 is 2.38 bits per heavy atom. The summed E-state index contributed by atoms with van der Waals surface area (Å²) in [7, 11) is 0. The molecule has 0 spiro atoms. The molecule has 4 atom stereocenters. The molecule has 1 aliphatic heterocycles. The van der Waals surface area contributed by atoms with Gasteiger partial charge in [0.25, 0.3) is 17.7 Å². The number of hydrogen-bond donors (Lipinski definition) is 1. The van der Waals surface area contributed by atoms with E-state index in [0.29, 0.717) is 0 Å². The molecule has 2 bridgehead atoms. The molecule has 106 valence electrons. The highest BCUT2D eigenvalue weighted by atomic mass is 16.2. The zero-order valence-corrected chi connectivity index (χ0v) is 11.1. The Bertz CT molecular complexity index is 640. The quantitative estimate of drug-likeness (QED) is 0.634. The maximum Gasteiger partial charge on any atom is 0.288 e. The summed E-state index contributed by atoms with van der Waals surface area (Å²) in [6, 6.07) is 4.90. The molecule has 0 radical (unpaired) electrons. The van der Waals surface area contributed by atoms with Gasteiger partial charge in [-0.1, -0.05) is 18.2 Å². The number of allylic oxidation sites excluding steroid dienone is 2. The van der Waals surface area contributed by atoms with Crippen molar-refractivity contribution < 1.29 is 14.4 Å². The highest BCUT2D eigenvalue weighted by molar-refractivity contribution is 6.08. The predicted octanol–water partition coefficient (Wildman–Crippen LogP) is 0.533. The molecule has 1 saturated heterocycles. The Labute approximate surface area is 120 Å². The Morgan fingerprint density at radius 2 is 1.81 bits per heavy atom. The minimum absolute atomic E-state index is 0.133. The molecule has 4 unspecified atom stereocenters. The Hall–Kier alpha value is -2.50. The van der Waals surface area contributed by atoms with Gasteiger partial charge < -0.3 is 0 Å². The number of hydrogen-bond acceptors (Lipinski definition) is 4. The molecule has 6 nitrogen and oxygen atoms in total. The van der Waals surface area contributed by atoms with Crippen molar-refractivity contribution in [3.8, 4) is 0 Å². The van der Waals surface area contributed by atoms with E-state index in [0.717, 1.165) is 11.4 Å². The lowest BCUT2D eigenvalue weighted by Gasteiger charge is -2.17. The molecular formula is C15H13N3O3. The fourth-order valence-corrected chi connectivity index (χ4v) is 3.67. The lowest BCUT2D eigenvalue weighted by molar-refractivity contribution is -0.143. The van der Waals surface area contributed by atoms with Crippen molar-refractivity contribution in [2.24, 2.45) is 23.7 Å². The van der Waals surface area contributed by atoms with Gasteiger partial charge in [-0.2, -0.15) is 5.01 Å². The van der Waals surface area contributed by atoms with Gasteiger partial charge in [0.2, 0.25) is 0 Å². The van der Waals surface area contributed by atoms with Gasteiger partial charge in [0.1, 0.15) is 5.69 Å². The summed E-state index contributed by atoms with van der Waals surface area (Å²) in [5, 5.41) is 0.887. The number of hydrazine groups is 1. The van der Waals surface area contributed by atoms with Crippen LogP contribution < -0.4 is 5.43 Å². The molecule has 21 heavy (non-hydrogen) atoms. The van der Waals surface area contributed by atoms with E-state index < -0.39 is 5.91 Å². The summed E-state index contributed by atoms with van der Waals surface area (Å²) in [6.07, 6.45) is 6.39. The van der Waals surface area contributed by atoms with Crippen LogP contribution in [0.5, 0.6) is 0 Å². The number of carbonyl (C=O) groups excluding carboxylic acids is 3. The molecular weight excluding hydrogens is 270 g/mol. The van der Waals surface area contributed by atoms with Gasteiger partial charge in [0, 0.05) is 6.20 Å². The number of nitrogens with zero attached hydrogens (tertiary/aromatic N) is 2. The van der Waals surface area contributed by atoms with E-state index in [1.807, 2.05) is 12.2 Å². The largest absolute Gasteiger partial charge is 0.288 e. The Morgan fingerprint density at radius 1 is 1.14 bits per heavy atom. The number of amides is 3. The molecule has 2 heterocycles. The van der Waals surface area contributed by atoms with Crippen LogP contribution in [-0.4, -0.2) is 27.7 Å². The minimum atomic E-state index is -0.544. The van der Waals surface area contributed by atoms with Gasteiger partial charge in [0.05, 0.1) is 11.8 Å². The van der Waals surface area contributed by atoms with Gasteiger partial charge in [0.15, 0.2) is 0 Å². The maximum absolute atomic E-state index is 12.4. The van der Waals surface area contributed by atoms with Gasteiger partial charge in [-0.05, 0) is 30.4 Å². The number of rotatable bonds is 2. The first-order valence-electron chi connectivity index (χ1n) is 6.95. The maximum atomic E-state index is 12.4. The first-order chi connectivity index (χ1) is 10.2. The lowest BCUT2D eigenvalue weighted by atomic mass is 9.85. The van der Waals surface area contributed by atoms with E-state index in [-0.39, 0.29) is 41.2 Å². The molecule has 6 heteroatoms. The molecule has 3 aliphatic rings. The second-order valence-corrected chi connectivity index (χ2v) is 5.67. The van der Waals surface area contributed by atoms with Crippen molar-refractivity contribution in [2.75, 3.05) is 0 Å². The van der Waals surface area contributed by atoms with Crippen molar-refractivity contribution >= 4 is 17.7 Å². The van der Waals surface area contributed by atoms with E-state index in [1.54, 1.807) is 12.1 Å². The van der Waals surface area contributed by atoms with E-state index in [9.17, 15) is 14.4 Å². The number of carbonyl (C=O) groups is 3. The number of fused-ring (bicyclic) bond motifs is 5. The minimum Gasteiger partial charge on any atom is -0.272 e. The summed E-state index contributed by atoms with van der Waals surface area (Å²) in [5.74, 6) is -1.50. The average molecular weight is 283 g/mol. The molecule has 3 amide bonds. The number of imide groups is 1. The van der Waals surface area contributed by atoms with Crippen molar-refractivity contribution in [1.82, 2.24) is 15.4 Å². The third-order valence-electron chi connectivity index (χ3n) is 4.58. The van der Waals surface area contributed by atoms with Crippen LogP contribution in [0.1, 0.15) is 16.9 Å². The summed E-state index contributed by atoms with van der Waals surface area (Å²) in [4.78, 5) is 40.7. The Balaban J connectivity index is 1.56. The van der Waals surface area contributed by atoms with Crippen molar-refractivity contribution in [3.05, 3.63) is 42.2 Å². The molecule has 1 saturated carbocycles. The van der Waals surface area contributed by atoms with Crippen LogP contribution >= 0.6 is 0 Å². The van der Waals surface area contributed by atoms with Crippen LogP contribution in [0.4, 0.5) is 0 Å². The van der Waals surface area contributed by atoms with Gasteiger partial charge in [-0.3, -0.25) is 24.8 Å². The van der Waals surface area contributed by atoms with Crippen LogP contribution in [0.15, 0.2) is 36.5 Å². The zero-order chi connectivity index (χ0) is 14.6. The summed E-state index contributed by atoms with van der Waals surface area (Å²) < 4.78 is 0. The van der Waals surface area contributed by atoms with E-state index >= 15 is 0 Å². The highest BCUT2D eigenvalue weighted by Crippen LogP contribution is 2.52. The fourth-order valence-electron chi connectivity index (χ4n) is 3.67. The topological polar surface area (TPSA) is 79.4 Å². The summed E-state index contributed by atoms with van der Waals surface area (Å²) >= 11 is 0. The van der Waals surface area contributed by atoms with Gasteiger partial charge in [-0.15, -0.1) is 0 Å². The van der Waals surface area contributed by atoms with Gasteiger partial charge >= 0.3 is 0 Å². The predicted molar refractivity (Wildman–Crippen MR) is 71.3 cm³/mol.